The van der Waals surface area contributed by atoms with Gasteiger partial charge in [-0.3, -0.25) is 4.79 Å². The molecular weight excluding hydrogens is 168 g/mol. The Labute approximate surface area is 79.0 Å². The standard InChI is InChI=1S/C9H18N2O2/c1-8(12)11-5-4-10-7-9-3-2-6-13-9/h9-10H,2-7H2,1H3,(H,11,12). The maximum Gasteiger partial charge on any atom is 0.216 e. The maximum atomic E-state index is 10.5. The molecule has 76 valence electrons. The Morgan fingerprint density at radius 3 is 3.00 bits per heavy atom. The van der Waals surface area contributed by atoms with E-state index in [-0.39, 0.29) is 5.91 Å². The number of carbonyl (C=O) groups excluding carboxylic acids is 1. The summed E-state index contributed by atoms with van der Waals surface area (Å²) in [5.74, 6) is 0.0268. The lowest BCUT2D eigenvalue weighted by Gasteiger charge is -2.10. The van der Waals surface area contributed by atoms with Crippen LogP contribution in [-0.4, -0.2) is 38.3 Å². The van der Waals surface area contributed by atoms with E-state index in [0.29, 0.717) is 12.6 Å². The molecule has 1 saturated heterocycles. The Kier molecular flexibility index (Phi) is 4.78. The summed E-state index contributed by atoms with van der Waals surface area (Å²) in [6.45, 7) is 4.85. The molecule has 1 aliphatic rings. The van der Waals surface area contributed by atoms with E-state index in [4.69, 9.17) is 4.74 Å². The van der Waals surface area contributed by atoms with Crippen LogP contribution >= 0.6 is 0 Å². The van der Waals surface area contributed by atoms with Crippen molar-refractivity contribution in [3.05, 3.63) is 0 Å². The lowest BCUT2D eigenvalue weighted by atomic mass is 10.2. The molecule has 0 aromatic carbocycles. The van der Waals surface area contributed by atoms with Gasteiger partial charge in [0.15, 0.2) is 0 Å². The van der Waals surface area contributed by atoms with Crippen molar-refractivity contribution < 1.29 is 9.53 Å². The minimum atomic E-state index is 0.0268. The number of hydrogen-bond acceptors (Lipinski definition) is 3. The zero-order chi connectivity index (χ0) is 9.52. The van der Waals surface area contributed by atoms with Crippen molar-refractivity contribution in [2.45, 2.75) is 25.9 Å². The second kappa shape index (κ2) is 5.94. The highest BCUT2D eigenvalue weighted by Gasteiger charge is 2.13. The number of nitrogens with one attached hydrogen (secondary N) is 2. The molecule has 0 spiro atoms. The van der Waals surface area contributed by atoms with Crippen molar-refractivity contribution in [3.63, 3.8) is 0 Å². The van der Waals surface area contributed by atoms with Gasteiger partial charge in [-0.2, -0.15) is 0 Å². The smallest absolute Gasteiger partial charge is 0.216 e. The van der Waals surface area contributed by atoms with Gasteiger partial charge in [-0.05, 0) is 12.8 Å². The van der Waals surface area contributed by atoms with Crippen LogP contribution in [0.1, 0.15) is 19.8 Å². The molecule has 0 aliphatic carbocycles. The van der Waals surface area contributed by atoms with E-state index in [9.17, 15) is 4.79 Å². The van der Waals surface area contributed by atoms with Gasteiger partial charge < -0.3 is 15.4 Å². The summed E-state index contributed by atoms with van der Waals surface area (Å²) in [6.07, 6.45) is 2.72. The predicted octanol–water partition coefficient (Wildman–Crippen LogP) is -0.109. The van der Waals surface area contributed by atoms with Gasteiger partial charge >= 0.3 is 0 Å². The van der Waals surface area contributed by atoms with Gasteiger partial charge in [0.25, 0.3) is 0 Å². The SMILES string of the molecule is CC(=O)NCCNCC1CCCO1. The Morgan fingerprint density at radius 1 is 1.54 bits per heavy atom. The van der Waals surface area contributed by atoms with Crippen molar-refractivity contribution in [2.75, 3.05) is 26.2 Å². The molecular formula is C9H18N2O2. The van der Waals surface area contributed by atoms with Crippen molar-refractivity contribution in [1.29, 1.82) is 0 Å². The van der Waals surface area contributed by atoms with Gasteiger partial charge in [0.2, 0.25) is 5.91 Å². The van der Waals surface area contributed by atoms with Crippen LogP contribution in [0.5, 0.6) is 0 Å². The number of rotatable bonds is 5. The zero-order valence-corrected chi connectivity index (χ0v) is 8.14. The van der Waals surface area contributed by atoms with Crippen LogP contribution in [0.15, 0.2) is 0 Å². The van der Waals surface area contributed by atoms with E-state index < -0.39 is 0 Å². The molecule has 4 heteroatoms. The number of carbonyl (C=O) groups is 1. The second-order valence-electron chi connectivity index (χ2n) is 3.32. The Hall–Kier alpha value is -0.610. The number of hydrogen-bond donors (Lipinski definition) is 2. The van der Waals surface area contributed by atoms with Crippen molar-refractivity contribution in [1.82, 2.24) is 10.6 Å². The Balaban J connectivity index is 1.86. The molecule has 0 bridgehead atoms. The third-order valence-corrected chi connectivity index (χ3v) is 2.07. The first-order chi connectivity index (χ1) is 6.29. The molecule has 0 saturated carbocycles. The molecule has 1 amide bonds. The van der Waals surface area contributed by atoms with E-state index in [0.717, 1.165) is 26.1 Å². The molecule has 1 aliphatic heterocycles. The van der Waals surface area contributed by atoms with Gasteiger partial charge in [0, 0.05) is 33.2 Å². The van der Waals surface area contributed by atoms with Crippen LogP contribution in [-0.2, 0) is 9.53 Å². The molecule has 2 N–H and O–H groups in total. The van der Waals surface area contributed by atoms with Gasteiger partial charge in [0.05, 0.1) is 6.10 Å². The maximum absolute atomic E-state index is 10.5. The lowest BCUT2D eigenvalue weighted by Crippen LogP contribution is -2.34. The Morgan fingerprint density at radius 2 is 2.38 bits per heavy atom. The van der Waals surface area contributed by atoms with E-state index in [1.54, 1.807) is 0 Å². The summed E-state index contributed by atoms with van der Waals surface area (Å²) < 4.78 is 5.43. The third-order valence-electron chi connectivity index (χ3n) is 2.07. The largest absolute Gasteiger partial charge is 0.377 e. The molecule has 4 nitrogen and oxygen atoms in total. The summed E-state index contributed by atoms with van der Waals surface area (Å²) in [6, 6.07) is 0. The number of ether oxygens (including phenoxy) is 1. The predicted molar refractivity (Wildman–Crippen MR) is 50.5 cm³/mol. The highest BCUT2D eigenvalue weighted by atomic mass is 16.5. The van der Waals surface area contributed by atoms with E-state index in [1.807, 2.05) is 0 Å². The first-order valence-electron chi connectivity index (χ1n) is 4.86. The third kappa shape index (κ3) is 4.85. The van der Waals surface area contributed by atoms with Gasteiger partial charge in [-0.1, -0.05) is 0 Å². The zero-order valence-electron chi connectivity index (χ0n) is 8.14. The lowest BCUT2D eigenvalue weighted by molar-refractivity contribution is -0.118. The minimum Gasteiger partial charge on any atom is -0.377 e. The van der Waals surface area contributed by atoms with Crippen LogP contribution in [0.4, 0.5) is 0 Å². The fourth-order valence-corrected chi connectivity index (χ4v) is 1.40. The van der Waals surface area contributed by atoms with Crippen LogP contribution in [0.3, 0.4) is 0 Å². The fraction of sp³-hybridized carbons (Fsp3) is 0.889. The molecule has 1 atom stereocenters. The quantitative estimate of drug-likeness (QED) is 0.589. The molecule has 1 fully saturated rings. The van der Waals surface area contributed by atoms with Crippen LogP contribution in [0, 0.1) is 0 Å². The Bertz CT molecular complexity index is 156. The van der Waals surface area contributed by atoms with E-state index in [1.165, 1.54) is 13.3 Å². The molecule has 0 aromatic heterocycles. The van der Waals surface area contributed by atoms with Gasteiger partial charge in [-0.15, -0.1) is 0 Å². The van der Waals surface area contributed by atoms with Crippen LogP contribution in [0.25, 0.3) is 0 Å². The van der Waals surface area contributed by atoms with Crippen molar-refractivity contribution >= 4 is 5.91 Å². The summed E-state index contributed by atoms with van der Waals surface area (Å²) in [5.41, 5.74) is 0. The van der Waals surface area contributed by atoms with Crippen molar-refractivity contribution in [2.24, 2.45) is 0 Å². The average molecular weight is 186 g/mol. The first kappa shape index (κ1) is 10.5. The summed E-state index contributed by atoms with van der Waals surface area (Å²) >= 11 is 0. The second-order valence-corrected chi connectivity index (χ2v) is 3.32. The summed E-state index contributed by atoms with van der Waals surface area (Å²) in [4.78, 5) is 10.5. The minimum absolute atomic E-state index is 0.0268. The normalized spacial score (nSPS) is 21.8. The summed E-state index contributed by atoms with van der Waals surface area (Å²) in [7, 11) is 0. The highest BCUT2D eigenvalue weighted by molar-refractivity contribution is 5.72. The molecule has 1 unspecified atom stereocenters. The monoisotopic (exact) mass is 186 g/mol. The summed E-state index contributed by atoms with van der Waals surface area (Å²) in [5, 5.41) is 5.97. The molecule has 0 aromatic rings. The molecule has 1 rings (SSSR count). The van der Waals surface area contributed by atoms with Crippen molar-refractivity contribution in [3.8, 4) is 0 Å². The van der Waals surface area contributed by atoms with Crippen LogP contribution in [0.2, 0.25) is 0 Å². The molecule has 0 radical (unpaired) electrons. The number of amides is 1. The average Bonchev–Trinajstić information content (AvgIpc) is 2.55. The van der Waals surface area contributed by atoms with Gasteiger partial charge in [-0.25, -0.2) is 0 Å². The molecule has 1 heterocycles. The highest BCUT2D eigenvalue weighted by Crippen LogP contribution is 2.10. The van der Waals surface area contributed by atoms with Gasteiger partial charge in [0.1, 0.15) is 0 Å². The van der Waals surface area contributed by atoms with E-state index >= 15 is 0 Å². The van der Waals surface area contributed by atoms with Crippen LogP contribution < -0.4 is 10.6 Å². The first-order valence-corrected chi connectivity index (χ1v) is 4.86. The van der Waals surface area contributed by atoms with E-state index in [2.05, 4.69) is 10.6 Å². The topological polar surface area (TPSA) is 50.4 Å². The fourth-order valence-electron chi connectivity index (χ4n) is 1.40. The molecule has 13 heavy (non-hydrogen) atoms.